The van der Waals surface area contributed by atoms with Crippen molar-refractivity contribution >= 4 is 29.5 Å². The molecule has 126 valence electrons. The summed E-state index contributed by atoms with van der Waals surface area (Å²) in [6.45, 7) is 3.00. The molecular weight excluding hydrogens is 332 g/mol. The number of carboxylic acids is 1. The van der Waals surface area contributed by atoms with Crippen LogP contribution in [0, 0.1) is 0 Å². The topological polar surface area (TPSA) is 87.2 Å². The van der Waals surface area contributed by atoms with Crippen molar-refractivity contribution in [3.05, 3.63) is 41.6 Å². The van der Waals surface area contributed by atoms with Crippen LogP contribution in [0.1, 0.15) is 13.8 Å². The van der Waals surface area contributed by atoms with Gasteiger partial charge in [-0.3, -0.25) is 14.5 Å². The van der Waals surface area contributed by atoms with Crippen LogP contribution < -0.4 is 4.84 Å². The predicted molar refractivity (Wildman–Crippen MR) is 86.8 cm³/mol. The molecule has 0 saturated carbocycles. The Morgan fingerprint density at radius 1 is 1.33 bits per heavy atom. The van der Waals surface area contributed by atoms with Crippen molar-refractivity contribution in [3.63, 3.8) is 0 Å². The molecule has 2 atom stereocenters. The van der Waals surface area contributed by atoms with Gasteiger partial charge < -0.3 is 9.94 Å². The zero-order valence-electron chi connectivity index (χ0n) is 13.1. The minimum absolute atomic E-state index is 0.00298. The summed E-state index contributed by atoms with van der Waals surface area (Å²) in [5, 5.41) is 9.92. The molecule has 2 heterocycles. The largest absolute Gasteiger partial charge is 0.477 e. The van der Waals surface area contributed by atoms with Gasteiger partial charge in [0.2, 0.25) is 0 Å². The summed E-state index contributed by atoms with van der Waals surface area (Å²) in [4.78, 5) is 42.8. The molecule has 0 spiro atoms. The van der Waals surface area contributed by atoms with Gasteiger partial charge in [0, 0.05) is 12.7 Å². The summed E-state index contributed by atoms with van der Waals surface area (Å²) < 4.78 is 0. The highest BCUT2D eigenvalue weighted by atomic mass is 32.2. The first-order valence-corrected chi connectivity index (χ1v) is 8.37. The molecule has 0 unspecified atom stereocenters. The third kappa shape index (κ3) is 2.62. The SMILES string of the molecule is CC(=O)N(Oc1ccccc1)[C@@H]1C(=O)N2C(C(=O)O)=C(C)CS[C@@H]12. The summed E-state index contributed by atoms with van der Waals surface area (Å²) in [6.07, 6.45) is 0. The van der Waals surface area contributed by atoms with E-state index in [0.29, 0.717) is 17.1 Å². The number of carboxylic acid groups (broad SMARTS) is 1. The van der Waals surface area contributed by atoms with Gasteiger partial charge in [0.1, 0.15) is 11.1 Å². The van der Waals surface area contributed by atoms with E-state index >= 15 is 0 Å². The third-order valence-electron chi connectivity index (χ3n) is 3.84. The van der Waals surface area contributed by atoms with Gasteiger partial charge >= 0.3 is 5.97 Å². The molecule has 0 aliphatic carbocycles. The molecule has 1 saturated heterocycles. The van der Waals surface area contributed by atoms with Gasteiger partial charge in [0.25, 0.3) is 11.8 Å². The fourth-order valence-electron chi connectivity index (χ4n) is 2.75. The molecule has 1 fully saturated rings. The molecule has 1 aromatic rings. The number of thioether (sulfide) groups is 1. The Bertz CT molecular complexity index is 733. The van der Waals surface area contributed by atoms with Gasteiger partial charge in [-0.15, -0.1) is 11.8 Å². The molecule has 7 nitrogen and oxygen atoms in total. The van der Waals surface area contributed by atoms with Gasteiger partial charge in [-0.05, 0) is 24.6 Å². The number of aliphatic carboxylic acids is 1. The average molecular weight is 348 g/mol. The molecule has 24 heavy (non-hydrogen) atoms. The minimum atomic E-state index is -1.14. The standard InChI is InChI=1S/C16H16N2O5S/c1-9-8-24-15-13(14(20)17(15)12(9)16(21)22)18(10(2)19)23-11-6-4-3-5-7-11/h3-7,13,15H,8H2,1-2H3,(H,21,22)/t13-,15+/m1/s1. The monoisotopic (exact) mass is 348 g/mol. The minimum Gasteiger partial charge on any atom is -0.477 e. The summed E-state index contributed by atoms with van der Waals surface area (Å²) in [5.41, 5.74) is 0.636. The van der Waals surface area contributed by atoms with E-state index in [-0.39, 0.29) is 5.70 Å². The van der Waals surface area contributed by atoms with Crippen molar-refractivity contribution in [1.29, 1.82) is 0 Å². The number of hydrogen-bond acceptors (Lipinski definition) is 5. The first-order valence-electron chi connectivity index (χ1n) is 7.32. The van der Waals surface area contributed by atoms with Crippen molar-refractivity contribution in [1.82, 2.24) is 9.96 Å². The Morgan fingerprint density at radius 2 is 2.00 bits per heavy atom. The molecule has 3 rings (SSSR count). The molecule has 2 aliphatic heterocycles. The van der Waals surface area contributed by atoms with Crippen LogP contribution in [0.4, 0.5) is 0 Å². The lowest BCUT2D eigenvalue weighted by Crippen LogP contribution is -2.71. The molecule has 0 aromatic heterocycles. The lowest BCUT2D eigenvalue weighted by Gasteiger charge is -2.51. The van der Waals surface area contributed by atoms with Crippen LogP contribution in [0.2, 0.25) is 0 Å². The van der Waals surface area contributed by atoms with E-state index in [4.69, 9.17) is 4.84 Å². The number of fused-ring (bicyclic) bond motifs is 1. The van der Waals surface area contributed by atoms with E-state index < -0.39 is 29.2 Å². The predicted octanol–water partition coefficient (Wildman–Crippen LogP) is 1.47. The first-order chi connectivity index (χ1) is 11.4. The number of rotatable bonds is 4. The van der Waals surface area contributed by atoms with Crippen LogP contribution in [0.3, 0.4) is 0 Å². The van der Waals surface area contributed by atoms with E-state index in [0.717, 1.165) is 5.06 Å². The number of β-lactam (4-membered cyclic amide) rings is 1. The fourth-order valence-corrected chi connectivity index (χ4v) is 4.08. The maximum absolute atomic E-state index is 12.5. The smallest absolute Gasteiger partial charge is 0.352 e. The van der Waals surface area contributed by atoms with E-state index in [2.05, 4.69) is 0 Å². The number of hydrogen-bond donors (Lipinski definition) is 1. The van der Waals surface area contributed by atoms with Crippen molar-refractivity contribution < 1.29 is 24.3 Å². The van der Waals surface area contributed by atoms with Crippen LogP contribution in [0.15, 0.2) is 41.6 Å². The first kappa shape index (κ1) is 16.4. The zero-order valence-corrected chi connectivity index (χ0v) is 13.9. The van der Waals surface area contributed by atoms with E-state index in [1.807, 2.05) is 6.07 Å². The normalized spacial score (nSPS) is 22.6. The third-order valence-corrected chi connectivity index (χ3v) is 5.25. The van der Waals surface area contributed by atoms with Crippen molar-refractivity contribution in [3.8, 4) is 5.75 Å². The van der Waals surface area contributed by atoms with E-state index in [1.165, 1.54) is 23.6 Å². The highest BCUT2D eigenvalue weighted by Crippen LogP contribution is 2.42. The molecule has 2 aliphatic rings. The summed E-state index contributed by atoms with van der Waals surface area (Å²) >= 11 is 1.42. The maximum atomic E-state index is 12.5. The fraction of sp³-hybridized carbons (Fsp3) is 0.312. The van der Waals surface area contributed by atoms with Crippen LogP contribution in [0.5, 0.6) is 5.75 Å². The van der Waals surface area contributed by atoms with Crippen LogP contribution in [0.25, 0.3) is 0 Å². The molecule has 8 heteroatoms. The number of benzene rings is 1. The molecule has 1 N–H and O–H groups in total. The second-order valence-corrected chi connectivity index (χ2v) is 6.64. The van der Waals surface area contributed by atoms with Gasteiger partial charge in [-0.25, -0.2) is 4.79 Å². The number of amides is 2. The highest BCUT2D eigenvalue weighted by Gasteiger charge is 2.57. The molecule has 2 amide bonds. The quantitative estimate of drug-likeness (QED) is 0.655. The van der Waals surface area contributed by atoms with E-state index in [9.17, 15) is 19.5 Å². The number of hydroxylamine groups is 2. The second-order valence-electron chi connectivity index (χ2n) is 5.54. The van der Waals surface area contributed by atoms with E-state index in [1.54, 1.807) is 31.2 Å². The second kappa shape index (κ2) is 6.20. The molecular formula is C16H16N2O5S. The number of carbonyl (C=O) groups excluding carboxylic acids is 2. The Kier molecular flexibility index (Phi) is 4.23. The van der Waals surface area contributed by atoms with Gasteiger partial charge in [-0.2, -0.15) is 5.06 Å². The van der Waals surface area contributed by atoms with Crippen LogP contribution in [-0.2, 0) is 14.4 Å². The van der Waals surface area contributed by atoms with Crippen molar-refractivity contribution in [2.45, 2.75) is 25.3 Å². The van der Waals surface area contributed by atoms with Crippen molar-refractivity contribution in [2.24, 2.45) is 0 Å². The highest BCUT2D eigenvalue weighted by molar-refractivity contribution is 8.00. The lowest BCUT2D eigenvalue weighted by molar-refractivity contribution is -0.187. The van der Waals surface area contributed by atoms with Crippen LogP contribution >= 0.6 is 11.8 Å². The average Bonchev–Trinajstić information content (AvgIpc) is 2.55. The Hall–Kier alpha value is -2.48. The Labute approximate surface area is 142 Å². The number of carbonyl (C=O) groups is 3. The lowest BCUT2D eigenvalue weighted by atomic mass is 10.0. The number of para-hydroxylation sites is 1. The summed E-state index contributed by atoms with van der Waals surface area (Å²) in [5.74, 6) is -1.08. The number of nitrogens with zero attached hydrogens (tertiary/aromatic N) is 2. The summed E-state index contributed by atoms with van der Waals surface area (Å²) in [7, 11) is 0. The zero-order chi connectivity index (χ0) is 17.4. The van der Waals surface area contributed by atoms with Gasteiger partial charge in [0.05, 0.1) is 0 Å². The Balaban J connectivity index is 1.86. The van der Waals surface area contributed by atoms with Gasteiger partial charge in [0.15, 0.2) is 11.8 Å². The molecule has 1 aromatic carbocycles. The van der Waals surface area contributed by atoms with Gasteiger partial charge in [-0.1, -0.05) is 18.2 Å². The van der Waals surface area contributed by atoms with Crippen molar-refractivity contribution in [2.75, 3.05) is 5.75 Å². The maximum Gasteiger partial charge on any atom is 0.352 e. The molecule has 0 bridgehead atoms. The van der Waals surface area contributed by atoms with Crippen LogP contribution in [-0.4, -0.2) is 50.0 Å². The summed E-state index contributed by atoms with van der Waals surface area (Å²) in [6, 6.07) is 7.84. The molecule has 0 radical (unpaired) electrons. The Morgan fingerprint density at radius 3 is 2.58 bits per heavy atom.